The minimum Gasteiger partial charge on any atom is -0.381 e. The molecule has 0 saturated carbocycles. The first-order chi connectivity index (χ1) is 10.4. The van der Waals surface area contributed by atoms with E-state index >= 15 is 0 Å². The van der Waals surface area contributed by atoms with Crippen molar-refractivity contribution in [3.63, 3.8) is 0 Å². The number of nitrogens with two attached hydrogens (primary N) is 1. The van der Waals surface area contributed by atoms with Crippen molar-refractivity contribution >= 4 is 10.0 Å². The Kier molecular flexibility index (Phi) is 5.60. The summed E-state index contributed by atoms with van der Waals surface area (Å²) in [6.45, 7) is 4.94. The van der Waals surface area contributed by atoms with Crippen molar-refractivity contribution in [2.75, 3.05) is 20.2 Å². The maximum absolute atomic E-state index is 12.9. The van der Waals surface area contributed by atoms with E-state index in [1.165, 1.54) is 4.31 Å². The van der Waals surface area contributed by atoms with Crippen LogP contribution in [0.3, 0.4) is 0 Å². The van der Waals surface area contributed by atoms with Crippen LogP contribution in [0.15, 0.2) is 29.2 Å². The van der Waals surface area contributed by atoms with Crippen LogP contribution in [0, 0.1) is 0 Å². The molecule has 0 bridgehead atoms. The van der Waals surface area contributed by atoms with Gasteiger partial charge in [0.1, 0.15) is 0 Å². The Morgan fingerprint density at radius 1 is 1.32 bits per heavy atom. The van der Waals surface area contributed by atoms with Crippen LogP contribution in [-0.2, 0) is 14.8 Å². The van der Waals surface area contributed by atoms with Crippen LogP contribution in [0.25, 0.3) is 0 Å². The number of piperidine rings is 1. The number of methoxy groups -OCH3 is 1. The molecular weight excluding hydrogens is 300 g/mol. The molecule has 1 aliphatic rings. The minimum absolute atomic E-state index is 0.0864. The summed E-state index contributed by atoms with van der Waals surface area (Å²) in [5, 5.41) is 0. The molecule has 0 amide bonds. The Morgan fingerprint density at radius 2 is 1.95 bits per heavy atom. The largest absolute Gasteiger partial charge is 0.381 e. The Morgan fingerprint density at radius 3 is 2.45 bits per heavy atom. The molecule has 5 nitrogen and oxygen atoms in total. The van der Waals surface area contributed by atoms with E-state index in [0.717, 1.165) is 5.56 Å². The molecule has 0 spiro atoms. The molecule has 1 aromatic carbocycles. The number of sulfonamides is 1. The highest BCUT2D eigenvalue weighted by molar-refractivity contribution is 7.89. The molecule has 0 radical (unpaired) electrons. The number of hydrogen-bond donors (Lipinski definition) is 1. The average Bonchev–Trinajstić information content (AvgIpc) is 2.54. The molecule has 2 N–H and O–H groups in total. The van der Waals surface area contributed by atoms with Crippen molar-refractivity contribution in [3.8, 4) is 0 Å². The van der Waals surface area contributed by atoms with Crippen molar-refractivity contribution in [3.05, 3.63) is 29.8 Å². The lowest BCUT2D eigenvalue weighted by atomic mass is 10.0. The van der Waals surface area contributed by atoms with Gasteiger partial charge in [-0.05, 0) is 36.5 Å². The normalized spacial score (nSPS) is 23.9. The number of rotatable bonds is 5. The van der Waals surface area contributed by atoms with Gasteiger partial charge in [0.15, 0.2) is 0 Å². The molecule has 2 atom stereocenters. The molecule has 2 unspecified atom stereocenters. The standard InChI is InChI=1S/C16H26N2O3S/c1-12(2)13-4-6-16(7-5-13)22(19,20)18-9-8-15(21-3)10-14(18)11-17/h4-7,12,14-15H,8-11,17H2,1-3H3. The maximum atomic E-state index is 12.9. The average molecular weight is 326 g/mol. The van der Waals surface area contributed by atoms with Crippen molar-refractivity contribution in [1.29, 1.82) is 0 Å². The highest BCUT2D eigenvalue weighted by Crippen LogP contribution is 2.27. The second-order valence-electron chi connectivity index (χ2n) is 6.11. The molecule has 124 valence electrons. The van der Waals surface area contributed by atoms with Gasteiger partial charge in [0, 0.05) is 26.2 Å². The smallest absolute Gasteiger partial charge is 0.243 e. The number of ether oxygens (including phenoxy) is 1. The van der Waals surface area contributed by atoms with E-state index in [2.05, 4.69) is 13.8 Å². The summed E-state index contributed by atoms with van der Waals surface area (Å²) in [5.41, 5.74) is 6.92. The lowest BCUT2D eigenvalue weighted by Crippen LogP contribution is -2.51. The highest BCUT2D eigenvalue weighted by Gasteiger charge is 2.36. The van der Waals surface area contributed by atoms with Crippen LogP contribution in [-0.4, -0.2) is 45.1 Å². The summed E-state index contributed by atoms with van der Waals surface area (Å²) in [6, 6.07) is 6.96. The van der Waals surface area contributed by atoms with Crippen molar-refractivity contribution in [1.82, 2.24) is 4.31 Å². The Bertz CT molecular complexity index is 584. The maximum Gasteiger partial charge on any atom is 0.243 e. The van der Waals surface area contributed by atoms with Crippen LogP contribution in [0.2, 0.25) is 0 Å². The SMILES string of the molecule is COC1CCN(S(=O)(=O)c2ccc(C(C)C)cc2)C(CN)C1. The monoisotopic (exact) mass is 326 g/mol. The predicted molar refractivity (Wildman–Crippen MR) is 87.3 cm³/mol. The summed E-state index contributed by atoms with van der Waals surface area (Å²) >= 11 is 0. The van der Waals surface area contributed by atoms with Crippen LogP contribution in [0.5, 0.6) is 0 Å². The van der Waals surface area contributed by atoms with Crippen LogP contribution < -0.4 is 5.73 Å². The predicted octanol–water partition coefficient (Wildman–Crippen LogP) is 1.94. The molecular formula is C16H26N2O3S. The van der Waals surface area contributed by atoms with Gasteiger partial charge in [-0.2, -0.15) is 4.31 Å². The van der Waals surface area contributed by atoms with E-state index in [-0.39, 0.29) is 12.1 Å². The fourth-order valence-corrected chi connectivity index (χ4v) is 4.56. The third kappa shape index (κ3) is 3.51. The van der Waals surface area contributed by atoms with Gasteiger partial charge in [-0.1, -0.05) is 26.0 Å². The van der Waals surface area contributed by atoms with Crippen molar-refractivity contribution in [2.24, 2.45) is 5.73 Å². The van der Waals surface area contributed by atoms with Crippen LogP contribution >= 0.6 is 0 Å². The summed E-state index contributed by atoms with van der Waals surface area (Å²) in [5.74, 6) is 0.381. The summed E-state index contributed by atoms with van der Waals surface area (Å²) in [4.78, 5) is 0.339. The molecule has 1 saturated heterocycles. The first-order valence-electron chi connectivity index (χ1n) is 7.74. The van der Waals surface area contributed by atoms with E-state index in [1.54, 1.807) is 19.2 Å². The molecule has 1 heterocycles. The molecule has 2 rings (SSSR count). The quantitative estimate of drug-likeness (QED) is 0.897. The fourth-order valence-electron chi connectivity index (χ4n) is 2.90. The Hall–Kier alpha value is -0.950. The first kappa shape index (κ1) is 17.4. The fraction of sp³-hybridized carbons (Fsp3) is 0.625. The first-order valence-corrected chi connectivity index (χ1v) is 9.18. The zero-order valence-corrected chi connectivity index (χ0v) is 14.3. The van der Waals surface area contributed by atoms with E-state index in [1.807, 2.05) is 12.1 Å². The molecule has 0 aromatic heterocycles. The Balaban J connectivity index is 2.25. The van der Waals surface area contributed by atoms with Gasteiger partial charge < -0.3 is 10.5 Å². The van der Waals surface area contributed by atoms with Gasteiger partial charge in [-0.15, -0.1) is 0 Å². The third-order valence-electron chi connectivity index (χ3n) is 4.37. The molecule has 1 aromatic rings. The molecule has 22 heavy (non-hydrogen) atoms. The molecule has 6 heteroatoms. The van der Waals surface area contributed by atoms with Gasteiger partial charge in [-0.3, -0.25) is 0 Å². The summed E-state index contributed by atoms with van der Waals surface area (Å²) < 4.78 is 32.6. The van der Waals surface area contributed by atoms with Crippen molar-refractivity contribution in [2.45, 2.75) is 49.6 Å². The zero-order valence-electron chi connectivity index (χ0n) is 13.5. The van der Waals surface area contributed by atoms with E-state index in [9.17, 15) is 8.42 Å². The van der Waals surface area contributed by atoms with Crippen LogP contribution in [0.1, 0.15) is 38.2 Å². The summed E-state index contributed by atoms with van der Waals surface area (Å²) in [7, 11) is -1.84. The summed E-state index contributed by atoms with van der Waals surface area (Å²) in [6.07, 6.45) is 1.44. The van der Waals surface area contributed by atoms with Gasteiger partial charge in [0.05, 0.1) is 11.0 Å². The van der Waals surface area contributed by atoms with Gasteiger partial charge in [0.2, 0.25) is 10.0 Å². The van der Waals surface area contributed by atoms with Gasteiger partial charge >= 0.3 is 0 Å². The van der Waals surface area contributed by atoms with Gasteiger partial charge in [-0.25, -0.2) is 8.42 Å². The van der Waals surface area contributed by atoms with Crippen LogP contribution in [0.4, 0.5) is 0 Å². The number of hydrogen-bond acceptors (Lipinski definition) is 4. The minimum atomic E-state index is -3.50. The van der Waals surface area contributed by atoms with E-state index in [4.69, 9.17) is 10.5 Å². The molecule has 0 aliphatic carbocycles. The number of benzene rings is 1. The molecule has 1 aliphatic heterocycles. The van der Waals surface area contributed by atoms with Crippen molar-refractivity contribution < 1.29 is 13.2 Å². The number of nitrogens with zero attached hydrogens (tertiary/aromatic N) is 1. The zero-order chi connectivity index (χ0) is 16.3. The van der Waals surface area contributed by atoms with E-state index in [0.29, 0.717) is 36.7 Å². The van der Waals surface area contributed by atoms with Gasteiger partial charge in [0.25, 0.3) is 0 Å². The van der Waals surface area contributed by atoms with E-state index < -0.39 is 10.0 Å². The second-order valence-corrected chi connectivity index (χ2v) is 8.00. The highest BCUT2D eigenvalue weighted by atomic mass is 32.2. The third-order valence-corrected chi connectivity index (χ3v) is 6.34. The topological polar surface area (TPSA) is 72.6 Å². The lowest BCUT2D eigenvalue weighted by molar-refractivity contribution is 0.0401. The lowest BCUT2D eigenvalue weighted by Gasteiger charge is -2.37. The Labute approximate surface area is 133 Å². The molecule has 1 fully saturated rings. The second kappa shape index (κ2) is 7.08.